The van der Waals surface area contributed by atoms with E-state index in [9.17, 15) is 9.59 Å². The Hall–Kier alpha value is -2.93. The summed E-state index contributed by atoms with van der Waals surface area (Å²) in [6.07, 6.45) is 4.37. The van der Waals surface area contributed by atoms with Crippen LogP contribution in [0.15, 0.2) is 60.2 Å². The van der Waals surface area contributed by atoms with E-state index in [-0.39, 0.29) is 18.4 Å². The number of anilines is 1. The summed E-state index contributed by atoms with van der Waals surface area (Å²) in [7, 11) is 0. The van der Waals surface area contributed by atoms with Crippen molar-refractivity contribution < 1.29 is 9.59 Å². The summed E-state index contributed by atoms with van der Waals surface area (Å²) in [5, 5.41) is 5.03. The topological polar surface area (TPSA) is 90.0 Å². The number of rotatable bonds is 7. The highest BCUT2D eigenvalue weighted by Gasteiger charge is 2.21. The Kier molecular flexibility index (Phi) is 5.25. The van der Waals surface area contributed by atoms with Gasteiger partial charge in [-0.25, -0.2) is 4.98 Å². The molecule has 0 aliphatic heterocycles. The van der Waals surface area contributed by atoms with Crippen molar-refractivity contribution in [2.24, 2.45) is 5.73 Å². The zero-order valence-electron chi connectivity index (χ0n) is 13.5. The van der Waals surface area contributed by atoms with Gasteiger partial charge >= 0.3 is 0 Å². The molecule has 1 aromatic carbocycles. The van der Waals surface area contributed by atoms with Gasteiger partial charge in [-0.1, -0.05) is 30.3 Å². The number of nitrogens with one attached hydrogen (secondary N) is 1. The first-order valence-electron chi connectivity index (χ1n) is 7.82. The van der Waals surface area contributed by atoms with Crippen LogP contribution in [0.3, 0.4) is 0 Å². The van der Waals surface area contributed by atoms with Gasteiger partial charge in [0.15, 0.2) is 5.13 Å². The van der Waals surface area contributed by atoms with E-state index >= 15 is 0 Å². The van der Waals surface area contributed by atoms with Gasteiger partial charge in [-0.15, -0.1) is 11.3 Å². The van der Waals surface area contributed by atoms with E-state index in [1.165, 1.54) is 11.3 Å². The van der Waals surface area contributed by atoms with Crippen LogP contribution in [0.2, 0.25) is 0 Å². The Morgan fingerprint density at radius 3 is 2.56 bits per heavy atom. The smallest absolute Gasteiger partial charge is 0.249 e. The molecule has 25 heavy (non-hydrogen) atoms. The highest BCUT2D eigenvalue weighted by molar-refractivity contribution is 7.13. The van der Waals surface area contributed by atoms with E-state index in [0.29, 0.717) is 17.2 Å². The Labute approximate surface area is 149 Å². The largest absolute Gasteiger partial charge is 0.369 e. The lowest BCUT2D eigenvalue weighted by molar-refractivity contribution is -0.119. The van der Waals surface area contributed by atoms with E-state index < -0.39 is 5.91 Å². The van der Waals surface area contributed by atoms with Crippen LogP contribution in [-0.4, -0.2) is 21.4 Å². The third kappa shape index (κ3) is 4.54. The fourth-order valence-corrected chi connectivity index (χ4v) is 3.25. The van der Waals surface area contributed by atoms with Crippen LogP contribution < -0.4 is 11.1 Å². The van der Waals surface area contributed by atoms with E-state index in [4.69, 9.17) is 5.73 Å². The van der Waals surface area contributed by atoms with Gasteiger partial charge in [0.05, 0.1) is 12.1 Å². The summed E-state index contributed by atoms with van der Waals surface area (Å²) in [4.78, 5) is 28.0. The molecule has 128 valence electrons. The first-order chi connectivity index (χ1) is 12.1. The number of amides is 2. The standard InChI is InChI=1S/C18H18N4O2S/c19-16(23)11-14-12-25-18(20-14)21-17(24)15(22-8-4-5-9-22)10-13-6-2-1-3-7-13/h1-9,12,15H,10-11H2,(H2,19,23)(H,20,21,24). The van der Waals surface area contributed by atoms with Gasteiger partial charge in [0.25, 0.3) is 0 Å². The number of nitrogens with two attached hydrogens (primary N) is 1. The second kappa shape index (κ2) is 7.76. The van der Waals surface area contributed by atoms with Crippen molar-refractivity contribution in [1.82, 2.24) is 9.55 Å². The van der Waals surface area contributed by atoms with Crippen LogP contribution in [0.4, 0.5) is 5.13 Å². The molecule has 2 heterocycles. The molecule has 6 nitrogen and oxygen atoms in total. The van der Waals surface area contributed by atoms with Gasteiger partial charge in [-0.2, -0.15) is 0 Å². The fraction of sp³-hybridized carbons (Fsp3) is 0.167. The van der Waals surface area contributed by atoms with Crippen LogP contribution in [-0.2, 0) is 22.4 Å². The number of primary amides is 1. The predicted molar refractivity (Wildman–Crippen MR) is 97.3 cm³/mol. The number of aromatic nitrogens is 2. The molecule has 0 saturated carbocycles. The number of nitrogens with zero attached hydrogens (tertiary/aromatic N) is 2. The first kappa shape index (κ1) is 16.9. The maximum atomic E-state index is 12.8. The summed E-state index contributed by atoms with van der Waals surface area (Å²) in [6, 6.07) is 13.2. The Morgan fingerprint density at radius 2 is 1.88 bits per heavy atom. The minimum atomic E-state index is -0.447. The van der Waals surface area contributed by atoms with Crippen molar-refractivity contribution in [1.29, 1.82) is 0 Å². The van der Waals surface area contributed by atoms with Gasteiger partial charge < -0.3 is 15.6 Å². The minimum Gasteiger partial charge on any atom is -0.369 e. The molecule has 1 unspecified atom stereocenters. The highest BCUT2D eigenvalue weighted by atomic mass is 32.1. The summed E-state index contributed by atoms with van der Waals surface area (Å²) in [6.45, 7) is 0. The second-order valence-electron chi connectivity index (χ2n) is 5.61. The number of carbonyl (C=O) groups excluding carboxylic acids is 2. The number of benzene rings is 1. The van der Waals surface area contributed by atoms with Gasteiger partial charge in [0.1, 0.15) is 6.04 Å². The molecule has 0 aliphatic carbocycles. The third-order valence-electron chi connectivity index (χ3n) is 3.70. The van der Waals surface area contributed by atoms with Crippen LogP contribution in [0.5, 0.6) is 0 Å². The molecular weight excluding hydrogens is 336 g/mol. The van der Waals surface area contributed by atoms with Crippen molar-refractivity contribution >= 4 is 28.3 Å². The molecule has 3 rings (SSSR count). The molecular formula is C18H18N4O2S. The summed E-state index contributed by atoms with van der Waals surface area (Å²) < 4.78 is 1.88. The van der Waals surface area contributed by atoms with Crippen LogP contribution in [0, 0.1) is 0 Å². The zero-order valence-corrected chi connectivity index (χ0v) is 14.3. The van der Waals surface area contributed by atoms with Gasteiger partial charge in [0.2, 0.25) is 11.8 Å². The molecule has 3 aromatic rings. The Morgan fingerprint density at radius 1 is 1.16 bits per heavy atom. The molecule has 0 saturated heterocycles. The van der Waals surface area contributed by atoms with E-state index in [0.717, 1.165) is 5.56 Å². The van der Waals surface area contributed by atoms with Crippen molar-refractivity contribution in [2.45, 2.75) is 18.9 Å². The van der Waals surface area contributed by atoms with Gasteiger partial charge in [-0.05, 0) is 17.7 Å². The average Bonchev–Trinajstić information content (AvgIpc) is 3.25. The molecule has 7 heteroatoms. The third-order valence-corrected chi connectivity index (χ3v) is 4.51. The summed E-state index contributed by atoms with van der Waals surface area (Å²) in [5.41, 5.74) is 6.81. The van der Waals surface area contributed by atoms with Crippen LogP contribution >= 0.6 is 11.3 Å². The van der Waals surface area contributed by atoms with E-state index in [1.54, 1.807) is 5.38 Å². The van der Waals surface area contributed by atoms with Crippen molar-refractivity contribution in [3.63, 3.8) is 0 Å². The quantitative estimate of drug-likeness (QED) is 0.683. The van der Waals surface area contributed by atoms with Crippen molar-refractivity contribution in [3.8, 4) is 0 Å². The second-order valence-corrected chi connectivity index (χ2v) is 6.47. The van der Waals surface area contributed by atoms with Crippen molar-refractivity contribution in [3.05, 3.63) is 71.5 Å². The van der Waals surface area contributed by atoms with Crippen LogP contribution in [0.25, 0.3) is 0 Å². The predicted octanol–water partition coefficient (Wildman–Crippen LogP) is 2.39. The number of hydrogen-bond acceptors (Lipinski definition) is 4. The zero-order chi connectivity index (χ0) is 17.6. The molecule has 2 amide bonds. The highest BCUT2D eigenvalue weighted by Crippen LogP contribution is 2.20. The Balaban J connectivity index is 1.75. The van der Waals surface area contributed by atoms with Gasteiger partial charge in [-0.3, -0.25) is 9.59 Å². The van der Waals surface area contributed by atoms with Crippen LogP contribution in [0.1, 0.15) is 17.3 Å². The molecule has 3 N–H and O–H groups in total. The van der Waals surface area contributed by atoms with Crippen molar-refractivity contribution in [2.75, 3.05) is 5.32 Å². The minimum absolute atomic E-state index is 0.0669. The molecule has 1 atom stereocenters. The molecule has 0 radical (unpaired) electrons. The first-order valence-corrected chi connectivity index (χ1v) is 8.70. The number of carbonyl (C=O) groups is 2. The SMILES string of the molecule is NC(=O)Cc1csc(NC(=O)C(Cc2ccccc2)n2cccc2)n1. The van der Waals surface area contributed by atoms with Gasteiger partial charge in [0, 0.05) is 24.2 Å². The maximum absolute atomic E-state index is 12.8. The maximum Gasteiger partial charge on any atom is 0.249 e. The lowest BCUT2D eigenvalue weighted by atomic mass is 10.1. The molecule has 0 bridgehead atoms. The molecule has 2 aromatic heterocycles. The summed E-state index contributed by atoms with van der Waals surface area (Å²) in [5.74, 6) is -0.600. The number of hydrogen-bond donors (Lipinski definition) is 2. The Bertz CT molecular complexity index is 843. The molecule has 0 spiro atoms. The van der Waals surface area contributed by atoms with E-state index in [2.05, 4.69) is 10.3 Å². The summed E-state index contributed by atoms with van der Waals surface area (Å²) >= 11 is 1.28. The number of thiazole rings is 1. The molecule has 0 aliphatic rings. The fourth-order valence-electron chi connectivity index (χ4n) is 2.54. The van der Waals surface area contributed by atoms with E-state index in [1.807, 2.05) is 59.4 Å². The normalized spacial score (nSPS) is 11.8. The monoisotopic (exact) mass is 354 g/mol. The lowest BCUT2D eigenvalue weighted by Crippen LogP contribution is -2.27. The lowest BCUT2D eigenvalue weighted by Gasteiger charge is -2.18. The molecule has 0 fully saturated rings. The average molecular weight is 354 g/mol.